The number of nitro benzene ring substituents is 1. The first-order chi connectivity index (χ1) is 8.49. The summed E-state index contributed by atoms with van der Waals surface area (Å²) in [5.74, 6) is -2.12. The Morgan fingerprint density at radius 2 is 2.22 bits per heavy atom. The van der Waals surface area contributed by atoms with Crippen molar-refractivity contribution in [1.82, 2.24) is 4.98 Å². The summed E-state index contributed by atoms with van der Waals surface area (Å²) in [6.45, 7) is 0. The van der Waals surface area contributed by atoms with Crippen LogP contribution in [0.2, 0.25) is 0 Å². The van der Waals surface area contributed by atoms with Gasteiger partial charge in [-0.3, -0.25) is 10.1 Å². The predicted molar refractivity (Wildman–Crippen MR) is 61.1 cm³/mol. The first-order valence-electron chi connectivity index (χ1n) is 4.62. The number of thiazole rings is 1. The van der Waals surface area contributed by atoms with Gasteiger partial charge in [0.2, 0.25) is 10.8 Å². The van der Waals surface area contributed by atoms with E-state index in [1.165, 1.54) is 11.4 Å². The second kappa shape index (κ2) is 4.49. The van der Waals surface area contributed by atoms with E-state index in [2.05, 4.69) is 4.98 Å². The van der Waals surface area contributed by atoms with Gasteiger partial charge in [-0.2, -0.15) is 4.39 Å². The van der Waals surface area contributed by atoms with Gasteiger partial charge in [-0.05, 0) is 12.1 Å². The van der Waals surface area contributed by atoms with Crippen molar-refractivity contribution in [2.45, 2.75) is 0 Å². The maximum Gasteiger partial charge on any atom is 0.365 e. The van der Waals surface area contributed by atoms with Crippen molar-refractivity contribution >= 4 is 23.0 Å². The second-order valence-electron chi connectivity index (χ2n) is 3.27. The molecule has 6 nitrogen and oxygen atoms in total. The van der Waals surface area contributed by atoms with Gasteiger partial charge in [0.1, 0.15) is 0 Å². The molecule has 0 aliphatic carbocycles. The van der Waals surface area contributed by atoms with Crippen molar-refractivity contribution in [2.75, 3.05) is 0 Å². The van der Waals surface area contributed by atoms with Crippen molar-refractivity contribution in [3.63, 3.8) is 0 Å². The van der Waals surface area contributed by atoms with Crippen LogP contribution in [0.5, 0.6) is 0 Å². The third-order valence-electron chi connectivity index (χ3n) is 2.13. The van der Waals surface area contributed by atoms with Crippen molar-refractivity contribution in [3.8, 4) is 11.3 Å². The zero-order valence-corrected chi connectivity index (χ0v) is 9.48. The lowest BCUT2D eigenvalue weighted by atomic mass is 10.1. The summed E-state index contributed by atoms with van der Waals surface area (Å²) in [5.41, 5.74) is -0.107. The number of carboxylic acid groups (broad SMARTS) is 1. The highest BCUT2D eigenvalue weighted by atomic mass is 32.1. The number of carboxylic acids is 1. The fourth-order valence-corrected chi connectivity index (χ4v) is 1.98. The summed E-state index contributed by atoms with van der Waals surface area (Å²) in [5, 5.41) is 20.6. The van der Waals surface area contributed by atoms with Gasteiger partial charge in [-0.15, -0.1) is 11.3 Å². The largest absolute Gasteiger partial charge is 0.476 e. The third kappa shape index (κ3) is 2.18. The van der Waals surface area contributed by atoms with Crippen molar-refractivity contribution in [3.05, 3.63) is 44.5 Å². The first-order valence-corrected chi connectivity index (χ1v) is 5.50. The van der Waals surface area contributed by atoms with Gasteiger partial charge in [0.15, 0.2) is 0 Å². The molecule has 2 aromatic rings. The van der Waals surface area contributed by atoms with Crippen LogP contribution in [-0.4, -0.2) is 21.0 Å². The Kier molecular flexibility index (Phi) is 3.02. The Labute approximate surface area is 103 Å². The maximum atomic E-state index is 13.1. The van der Waals surface area contributed by atoms with Crippen LogP contribution in [0.1, 0.15) is 9.80 Å². The highest BCUT2D eigenvalue weighted by Gasteiger charge is 2.17. The van der Waals surface area contributed by atoms with Crippen LogP contribution in [0.25, 0.3) is 11.3 Å². The van der Waals surface area contributed by atoms with Gasteiger partial charge in [-0.1, -0.05) is 0 Å². The molecule has 1 N–H and O–H groups in total. The second-order valence-corrected chi connectivity index (χ2v) is 4.12. The van der Waals surface area contributed by atoms with Crippen LogP contribution in [0.15, 0.2) is 23.6 Å². The van der Waals surface area contributed by atoms with Gasteiger partial charge in [-0.25, -0.2) is 9.78 Å². The Hall–Kier alpha value is -2.35. The molecule has 0 aliphatic rings. The number of rotatable bonds is 3. The van der Waals surface area contributed by atoms with Crippen LogP contribution in [0, 0.1) is 15.9 Å². The van der Waals surface area contributed by atoms with Gasteiger partial charge >= 0.3 is 11.7 Å². The molecule has 0 aliphatic heterocycles. The summed E-state index contributed by atoms with van der Waals surface area (Å²) >= 11 is 0.897. The van der Waals surface area contributed by atoms with E-state index in [1.807, 2.05) is 0 Å². The zero-order chi connectivity index (χ0) is 13.3. The van der Waals surface area contributed by atoms with E-state index in [1.54, 1.807) is 0 Å². The van der Waals surface area contributed by atoms with Crippen molar-refractivity contribution < 1.29 is 19.2 Å². The number of benzene rings is 1. The average molecular weight is 268 g/mol. The Morgan fingerprint density at radius 1 is 1.50 bits per heavy atom. The molecule has 0 saturated carbocycles. The molecule has 92 valence electrons. The molecule has 0 atom stereocenters. The fourth-order valence-electron chi connectivity index (χ4n) is 1.32. The minimum absolute atomic E-state index is 0.128. The molecule has 0 fully saturated rings. The molecule has 0 unspecified atom stereocenters. The number of nitrogens with zero attached hydrogens (tertiary/aromatic N) is 2. The summed E-state index contributed by atoms with van der Waals surface area (Å²) in [4.78, 5) is 24.2. The summed E-state index contributed by atoms with van der Waals surface area (Å²) < 4.78 is 13.1. The number of nitro groups is 1. The standard InChI is InChI=1S/C10H5FN2O4S/c11-6-2-1-5(3-8(6)13(16)17)7-4-18-9(12-7)10(14)15/h1-4H,(H,14,15). The molecule has 0 bridgehead atoms. The topological polar surface area (TPSA) is 93.3 Å². The molecule has 0 amide bonds. The fraction of sp³-hybridized carbons (Fsp3) is 0. The minimum atomic E-state index is -1.18. The SMILES string of the molecule is O=C(O)c1nc(-c2ccc(F)c([N+](=O)[O-])c2)cs1. The molecule has 1 heterocycles. The van der Waals surface area contributed by atoms with E-state index in [0.717, 1.165) is 23.5 Å². The molecule has 0 saturated heterocycles. The number of aromatic nitrogens is 1. The van der Waals surface area contributed by atoms with Gasteiger partial charge in [0, 0.05) is 17.0 Å². The van der Waals surface area contributed by atoms with Gasteiger partial charge in [0.25, 0.3) is 0 Å². The molecule has 8 heteroatoms. The smallest absolute Gasteiger partial charge is 0.365 e. The van der Waals surface area contributed by atoms with E-state index in [0.29, 0.717) is 5.56 Å². The van der Waals surface area contributed by atoms with E-state index in [4.69, 9.17) is 5.11 Å². The quantitative estimate of drug-likeness (QED) is 0.682. The zero-order valence-electron chi connectivity index (χ0n) is 8.66. The Bertz CT molecular complexity index is 641. The minimum Gasteiger partial charge on any atom is -0.476 e. The first kappa shape index (κ1) is 12.1. The molecule has 1 aromatic heterocycles. The highest BCUT2D eigenvalue weighted by molar-refractivity contribution is 7.11. The Balaban J connectivity index is 2.47. The highest BCUT2D eigenvalue weighted by Crippen LogP contribution is 2.27. The third-order valence-corrected chi connectivity index (χ3v) is 2.96. The molecule has 0 radical (unpaired) electrons. The van der Waals surface area contributed by atoms with Crippen LogP contribution >= 0.6 is 11.3 Å². The normalized spacial score (nSPS) is 10.3. The molecule has 18 heavy (non-hydrogen) atoms. The molecule has 0 spiro atoms. The summed E-state index contributed by atoms with van der Waals surface area (Å²) in [7, 11) is 0. The summed E-state index contributed by atoms with van der Waals surface area (Å²) in [6.07, 6.45) is 0. The molecule has 1 aromatic carbocycles. The van der Waals surface area contributed by atoms with E-state index in [-0.39, 0.29) is 10.7 Å². The molecular formula is C10H5FN2O4S. The average Bonchev–Trinajstić information content (AvgIpc) is 2.78. The van der Waals surface area contributed by atoms with Crippen molar-refractivity contribution in [1.29, 1.82) is 0 Å². The number of carbonyl (C=O) groups is 1. The van der Waals surface area contributed by atoms with Crippen molar-refractivity contribution in [2.24, 2.45) is 0 Å². The van der Waals surface area contributed by atoms with Gasteiger partial charge < -0.3 is 5.11 Å². The van der Waals surface area contributed by atoms with Crippen LogP contribution in [0.4, 0.5) is 10.1 Å². The van der Waals surface area contributed by atoms with Gasteiger partial charge in [0.05, 0.1) is 10.6 Å². The molecular weight excluding hydrogens is 263 g/mol. The van der Waals surface area contributed by atoms with Crippen LogP contribution in [-0.2, 0) is 0 Å². The van der Waals surface area contributed by atoms with E-state index in [9.17, 15) is 19.3 Å². The lowest BCUT2D eigenvalue weighted by molar-refractivity contribution is -0.387. The lowest BCUT2D eigenvalue weighted by Crippen LogP contribution is -1.95. The monoisotopic (exact) mass is 268 g/mol. The van der Waals surface area contributed by atoms with E-state index >= 15 is 0 Å². The van der Waals surface area contributed by atoms with Crippen LogP contribution in [0.3, 0.4) is 0 Å². The molecule has 2 rings (SSSR count). The summed E-state index contributed by atoms with van der Waals surface area (Å²) in [6, 6.07) is 3.28. The lowest BCUT2D eigenvalue weighted by Gasteiger charge is -1.98. The number of halogens is 1. The maximum absolute atomic E-state index is 13.1. The predicted octanol–water partition coefficient (Wildman–Crippen LogP) is 2.56. The number of aromatic carboxylic acids is 1. The number of hydrogen-bond donors (Lipinski definition) is 1. The number of hydrogen-bond acceptors (Lipinski definition) is 5. The van der Waals surface area contributed by atoms with Crippen LogP contribution < -0.4 is 0 Å². The van der Waals surface area contributed by atoms with E-state index < -0.39 is 22.4 Å². The Morgan fingerprint density at radius 3 is 2.78 bits per heavy atom.